The number of carbonyl (C=O) groups is 1. The first-order chi connectivity index (χ1) is 9.65. The highest BCUT2D eigenvalue weighted by atomic mass is 19.4. The summed E-state index contributed by atoms with van der Waals surface area (Å²) < 4.78 is 45.5. The van der Waals surface area contributed by atoms with Crippen LogP contribution in [0.25, 0.3) is 0 Å². The average molecular weight is 308 g/mol. The lowest BCUT2D eigenvalue weighted by Gasteiger charge is -2.14. The van der Waals surface area contributed by atoms with Gasteiger partial charge in [0.1, 0.15) is 6.20 Å². The molecule has 0 bridgehead atoms. The summed E-state index contributed by atoms with van der Waals surface area (Å²) >= 11 is 0. The number of halogens is 3. The fourth-order valence-electron chi connectivity index (χ4n) is 1.54. The second-order valence-corrected chi connectivity index (χ2v) is 3.82. The van der Waals surface area contributed by atoms with Crippen LogP contribution in [0, 0.1) is 17.0 Å². The molecule has 10 heteroatoms. The van der Waals surface area contributed by atoms with Crippen LogP contribution in [0.5, 0.6) is 5.75 Å². The summed E-state index contributed by atoms with van der Waals surface area (Å²) in [7, 11) is 0. The first-order valence-corrected chi connectivity index (χ1v) is 5.70. The Kier molecular flexibility index (Phi) is 5.06. The quantitative estimate of drug-likeness (QED) is 0.471. The Hall–Kier alpha value is -2.39. The fourth-order valence-corrected chi connectivity index (χ4v) is 1.54. The Morgan fingerprint density at radius 3 is 2.57 bits per heavy atom. The summed E-state index contributed by atoms with van der Waals surface area (Å²) in [4.78, 5) is 24.7. The molecule has 0 saturated carbocycles. The van der Waals surface area contributed by atoms with Crippen molar-refractivity contribution in [3.8, 4) is 5.75 Å². The lowest BCUT2D eigenvalue weighted by atomic mass is 10.1. The van der Waals surface area contributed by atoms with Crippen LogP contribution in [0.3, 0.4) is 0 Å². The maximum Gasteiger partial charge on any atom is 0.573 e. The molecule has 0 N–H and O–H groups in total. The molecule has 116 valence electrons. The Labute approximate surface area is 116 Å². The van der Waals surface area contributed by atoms with Gasteiger partial charge in [-0.2, -0.15) is 0 Å². The molecule has 7 nitrogen and oxygen atoms in total. The molecular weight excluding hydrogens is 297 g/mol. The molecule has 0 spiro atoms. The van der Waals surface area contributed by atoms with Gasteiger partial charge in [-0.05, 0) is 13.8 Å². The van der Waals surface area contributed by atoms with Crippen LogP contribution in [0.15, 0.2) is 6.20 Å². The minimum atomic E-state index is -5.14. The summed E-state index contributed by atoms with van der Waals surface area (Å²) in [6.07, 6.45) is -5.10. The van der Waals surface area contributed by atoms with E-state index in [1.54, 1.807) is 0 Å². The summed E-state index contributed by atoms with van der Waals surface area (Å²) in [6.45, 7) is 2.85. The Bertz CT molecular complexity index is 560. The summed E-state index contributed by atoms with van der Waals surface area (Å²) in [5.74, 6) is -1.89. The van der Waals surface area contributed by atoms with Crippen LogP contribution in [0.1, 0.15) is 18.2 Å². The third-order valence-corrected chi connectivity index (χ3v) is 2.36. The molecule has 1 heterocycles. The number of alkyl halides is 3. The second kappa shape index (κ2) is 6.37. The number of nitrogens with zero attached hydrogens (tertiary/aromatic N) is 2. The van der Waals surface area contributed by atoms with Crippen molar-refractivity contribution in [3.63, 3.8) is 0 Å². The Morgan fingerprint density at radius 2 is 2.10 bits per heavy atom. The minimum Gasteiger partial charge on any atom is -0.466 e. The monoisotopic (exact) mass is 308 g/mol. The largest absolute Gasteiger partial charge is 0.573 e. The van der Waals surface area contributed by atoms with Crippen molar-refractivity contribution in [1.82, 2.24) is 4.98 Å². The molecule has 1 aromatic rings. The molecule has 0 fully saturated rings. The standard InChI is InChI=1S/C11H11F3N2O5/c1-3-20-9(17)4-7-6(2)15-5-8(16(18)19)10(7)21-11(12,13)14/h5H,3-4H2,1-2H3. The number of hydrogen-bond donors (Lipinski definition) is 0. The molecule has 0 aliphatic heterocycles. The molecule has 0 aliphatic rings. The molecule has 0 unspecified atom stereocenters. The van der Waals surface area contributed by atoms with E-state index >= 15 is 0 Å². The number of esters is 1. The van der Waals surface area contributed by atoms with Crippen molar-refractivity contribution >= 4 is 11.7 Å². The van der Waals surface area contributed by atoms with Gasteiger partial charge in [-0.1, -0.05) is 0 Å². The van der Waals surface area contributed by atoms with Crippen LogP contribution in [-0.2, 0) is 16.0 Å². The number of aromatic nitrogens is 1. The molecule has 0 aliphatic carbocycles. The lowest BCUT2D eigenvalue weighted by molar-refractivity contribution is -0.389. The predicted molar refractivity (Wildman–Crippen MR) is 62.6 cm³/mol. The van der Waals surface area contributed by atoms with Gasteiger partial charge in [0, 0.05) is 11.3 Å². The lowest BCUT2D eigenvalue weighted by Crippen LogP contribution is -2.21. The number of pyridine rings is 1. The Balaban J connectivity index is 3.34. The van der Waals surface area contributed by atoms with Crippen molar-refractivity contribution in [1.29, 1.82) is 0 Å². The molecule has 0 radical (unpaired) electrons. The number of ether oxygens (including phenoxy) is 2. The molecule has 0 amide bonds. The van der Waals surface area contributed by atoms with Gasteiger partial charge in [0.15, 0.2) is 0 Å². The maximum atomic E-state index is 12.4. The zero-order chi connectivity index (χ0) is 16.2. The molecule has 0 saturated heterocycles. The fraction of sp³-hybridized carbons (Fsp3) is 0.455. The number of hydrogen-bond acceptors (Lipinski definition) is 6. The van der Waals surface area contributed by atoms with Gasteiger partial charge in [-0.25, -0.2) is 0 Å². The van der Waals surface area contributed by atoms with Crippen molar-refractivity contribution < 1.29 is 32.4 Å². The van der Waals surface area contributed by atoms with E-state index < -0.39 is 35.1 Å². The second-order valence-electron chi connectivity index (χ2n) is 3.82. The van der Waals surface area contributed by atoms with E-state index in [2.05, 4.69) is 14.5 Å². The van der Waals surface area contributed by atoms with E-state index in [1.165, 1.54) is 13.8 Å². The highest BCUT2D eigenvalue weighted by molar-refractivity contribution is 5.75. The third kappa shape index (κ3) is 4.58. The SMILES string of the molecule is CCOC(=O)Cc1c(C)ncc([N+](=O)[O-])c1OC(F)(F)F. The zero-order valence-electron chi connectivity index (χ0n) is 11.1. The van der Waals surface area contributed by atoms with Gasteiger partial charge in [0.05, 0.1) is 18.0 Å². The first-order valence-electron chi connectivity index (χ1n) is 5.70. The normalized spacial score (nSPS) is 11.1. The number of nitro groups is 1. The van der Waals surface area contributed by atoms with Crippen LogP contribution in [0.4, 0.5) is 18.9 Å². The van der Waals surface area contributed by atoms with Gasteiger partial charge in [-0.15, -0.1) is 13.2 Å². The van der Waals surface area contributed by atoms with Crippen LogP contribution in [0.2, 0.25) is 0 Å². The first kappa shape index (κ1) is 16.7. The van der Waals surface area contributed by atoms with Crippen LogP contribution < -0.4 is 4.74 Å². The van der Waals surface area contributed by atoms with E-state index in [4.69, 9.17) is 0 Å². The molecule has 0 aromatic carbocycles. The maximum absolute atomic E-state index is 12.4. The topological polar surface area (TPSA) is 91.6 Å². The number of carbonyl (C=O) groups excluding carboxylic acids is 1. The van der Waals surface area contributed by atoms with E-state index in [0.29, 0.717) is 6.20 Å². The smallest absolute Gasteiger partial charge is 0.466 e. The van der Waals surface area contributed by atoms with Crippen LogP contribution >= 0.6 is 0 Å². The van der Waals surface area contributed by atoms with E-state index in [1.807, 2.05) is 0 Å². The van der Waals surface area contributed by atoms with Crippen molar-refractivity contribution in [2.45, 2.75) is 26.6 Å². The van der Waals surface area contributed by atoms with Crippen molar-refractivity contribution in [2.75, 3.05) is 6.61 Å². The summed E-state index contributed by atoms with van der Waals surface area (Å²) in [5.41, 5.74) is -1.30. The van der Waals surface area contributed by atoms with Gasteiger partial charge in [0.2, 0.25) is 5.75 Å². The highest BCUT2D eigenvalue weighted by Gasteiger charge is 2.37. The van der Waals surface area contributed by atoms with Crippen molar-refractivity contribution in [3.05, 3.63) is 27.6 Å². The number of aryl methyl sites for hydroxylation is 1. The van der Waals surface area contributed by atoms with E-state index in [-0.39, 0.29) is 17.9 Å². The predicted octanol–water partition coefficient (Wildman–Crippen LogP) is 2.30. The molecule has 21 heavy (non-hydrogen) atoms. The molecule has 0 atom stereocenters. The number of rotatable bonds is 5. The van der Waals surface area contributed by atoms with E-state index in [9.17, 15) is 28.1 Å². The molecule has 1 rings (SSSR count). The van der Waals surface area contributed by atoms with Crippen LogP contribution in [-0.4, -0.2) is 28.8 Å². The summed E-state index contributed by atoms with van der Waals surface area (Å²) in [5, 5.41) is 10.8. The van der Waals surface area contributed by atoms with Gasteiger partial charge >= 0.3 is 18.0 Å². The van der Waals surface area contributed by atoms with Gasteiger partial charge in [-0.3, -0.25) is 19.9 Å². The third-order valence-electron chi connectivity index (χ3n) is 2.36. The summed E-state index contributed by atoms with van der Waals surface area (Å²) in [6, 6.07) is 0. The average Bonchev–Trinajstić information content (AvgIpc) is 2.32. The molecule has 1 aromatic heterocycles. The van der Waals surface area contributed by atoms with Crippen molar-refractivity contribution in [2.24, 2.45) is 0 Å². The van der Waals surface area contributed by atoms with Gasteiger partial charge < -0.3 is 9.47 Å². The highest BCUT2D eigenvalue weighted by Crippen LogP contribution is 2.36. The molecular formula is C11H11F3N2O5. The zero-order valence-corrected chi connectivity index (χ0v) is 11.1. The van der Waals surface area contributed by atoms with Gasteiger partial charge in [0.25, 0.3) is 0 Å². The Morgan fingerprint density at radius 1 is 1.48 bits per heavy atom. The minimum absolute atomic E-state index is 0.00732. The van der Waals surface area contributed by atoms with E-state index in [0.717, 1.165) is 0 Å².